The zero-order valence-corrected chi connectivity index (χ0v) is 9.79. The van der Waals surface area contributed by atoms with E-state index in [4.69, 9.17) is 19.0 Å². The summed E-state index contributed by atoms with van der Waals surface area (Å²) in [4.78, 5) is 0. The summed E-state index contributed by atoms with van der Waals surface area (Å²) in [6, 6.07) is 0.243. The molecule has 0 radical (unpaired) electrons. The van der Waals surface area contributed by atoms with Crippen molar-refractivity contribution in [2.45, 2.75) is 13.0 Å². The lowest BCUT2D eigenvalue weighted by Crippen LogP contribution is -2.54. The predicted molar refractivity (Wildman–Crippen MR) is 53.3 cm³/mol. The second kappa shape index (κ2) is 6.47. The van der Waals surface area contributed by atoms with Crippen molar-refractivity contribution in [3.8, 4) is 0 Å². The minimum absolute atomic E-state index is 0.243. The van der Waals surface area contributed by atoms with Gasteiger partial charge in [0.05, 0.1) is 6.17 Å². The van der Waals surface area contributed by atoms with Gasteiger partial charge in [-0.15, -0.1) is 0 Å². The van der Waals surface area contributed by atoms with Crippen LogP contribution in [0.2, 0.25) is 0 Å². The molecule has 0 aromatic rings. The summed E-state index contributed by atoms with van der Waals surface area (Å²) < 4.78 is 15.7. The van der Waals surface area contributed by atoms with E-state index >= 15 is 0 Å². The summed E-state index contributed by atoms with van der Waals surface area (Å²) in [7, 11) is 2.31. The van der Waals surface area contributed by atoms with Crippen LogP contribution in [0, 0.1) is 0 Å². The molecule has 5 nitrogen and oxygen atoms in total. The molecule has 0 spiro atoms. The van der Waals surface area contributed by atoms with Crippen molar-refractivity contribution in [2.75, 3.05) is 34.0 Å². The molecule has 0 fully saturated rings. The first-order chi connectivity index (χ1) is 6.14. The van der Waals surface area contributed by atoms with Crippen molar-refractivity contribution in [3.05, 3.63) is 0 Å². The molecule has 0 aliphatic carbocycles. The number of hydrogen-bond acceptors (Lipinski definition) is 5. The third-order valence-corrected chi connectivity index (χ3v) is 4.46. The lowest BCUT2D eigenvalue weighted by molar-refractivity contribution is 0.121. The first-order valence-corrected chi connectivity index (χ1v) is 6.16. The highest BCUT2D eigenvalue weighted by Crippen LogP contribution is 2.03. The largest absolute Gasteiger partial charge is 0.514 e. The molecule has 3 N–H and O–H groups in total. The molecular formula is C7H20N2O3Si. The number of rotatable bonds is 7. The van der Waals surface area contributed by atoms with Crippen LogP contribution < -0.4 is 11.1 Å². The van der Waals surface area contributed by atoms with Crippen LogP contribution in [0.3, 0.4) is 0 Å². The summed E-state index contributed by atoms with van der Waals surface area (Å²) in [5.74, 6) is 0. The topological polar surface area (TPSA) is 65.7 Å². The zero-order chi connectivity index (χ0) is 10.3. The van der Waals surface area contributed by atoms with Gasteiger partial charge in [0, 0.05) is 33.9 Å². The second-order valence-corrected chi connectivity index (χ2v) is 5.76. The van der Waals surface area contributed by atoms with Gasteiger partial charge in [-0.3, -0.25) is 0 Å². The molecule has 0 aromatic carbocycles. The average molecular weight is 208 g/mol. The lowest BCUT2D eigenvalue weighted by Gasteiger charge is -2.25. The Morgan fingerprint density at radius 2 is 1.69 bits per heavy atom. The van der Waals surface area contributed by atoms with E-state index in [9.17, 15) is 0 Å². The SMILES string of the molecule is CO[Si](CNC(C)CN)(OC)OC. The maximum Gasteiger partial charge on any atom is 0.514 e. The van der Waals surface area contributed by atoms with Crippen molar-refractivity contribution in [1.82, 2.24) is 5.32 Å². The lowest BCUT2D eigenvalue weighted by atomic mass is 10.4. The highest BCUT2D eigenvalue weighted by atomic mass is 28.4. The fourth-order valence-corrected chi connectivity index (χ4v) is 2.38. The van der Waals surface area contributed by atoms with Gasteiger partial charge in [-0.2, -0.15) is 0 Å². The Balaban J connectivity index is 3.95. The van der Waals surface area contributed by atoms with Gasteiger partial charge in [0.2, 0.25) is 0 Å². The molecule has 13 heavy (non-hydrogen) atoms. The van der Waals surface area contributed by atoms with E-state index < -0.39 is 8.80 Å². The highest BCUT2D eigenvalue weighted by Gasteiger charge is 2.37. The molecule has 80 valence electrons. The Kier molecular flexibility index (Phi) is 6.48. The number of nitrogens with one attached hydrogen (secondary N) is 1. The molecule has 0 rings (SSSR count). The number of hydrogen-bond donors (Lipinski definition) is 2. The van der Waals surface area contributed by atoms with Gasteiger partial charge in [-0.25, -0.2) is 0 Å². The van der Waals surface area contributed by atoms with Gasteiger partial charge in [-0.1, -0.05) is 0 Å². The van der Waals surface area contributed by atoms with Crippen LogP contribution in [0.1, 0.15) is 6.92 Å². The van der Waals surface area contributed by atoms with E-state index in [1.807, 2.05) is 6.92 Å². The Labute approximate surface area is 80.9 Å². The maximum absolute atomic E-state index is 5.46. The van der Waals surface area contributed by atoms with Crippen LogP contribution in [-0.2, 0) is 13.3 Å². The molecular weight excluding hydrogens is 188 g/mol. The van der Waals surface area contributed by atoms with Gasteiger partial charge < -0.3 is 24.3 Å². The molecule has 0 saturated heterocycles. The van der Waals surface area contributed by atoms with Gasteiger partial charge in [0.15, 0.2) is 0 Å². The molecule has 0 amide bonds. The van der Waals surface area contributed by atoms with Crippen LogP contribution in [0.15, 0.2) is 0 Å². The van der Waals surface area contributed by atoms with Crippen LogP contribution in [-0.4, -0.2) is 48.9 Å². The molecule has 0 aliphatic heterocycles. The molecule has 0 heterocycles. The van der Waals surface area contributed by atoms with Crippen LogP contribution >= 0.6 is 0 Å². The normalized spacial score (nSPS) is 14.5. The Morgan fingerprint density at radius 1 is 1.23 bits per heavy atom. The Hall–Kier alpha value is 0.0169. The van der Waals surface area contributed by atoms with Crippen molar-refractivity contribution in [2.24, 2.45) is 5.73 Å². The summed E-state index contributed by atoms with van der Waals surface area (Å²) in [5, 5.41) is 3.19. The first-order valence-electron chi connectivity index (χ1n) is 4.23. The van der Waals surface area contributed by atoms with E-state index in [0.717, 1.165) is 0 Å². The predicted octanol–water partition coefficient (Wildman–Crippen LogP) is -0.659. The third kappa shape index (κ3) is 4.16. The molecule has 0 bridgehead atoms. The summed E-state index contributed by atoms with van der Waals surface area (Å²) in [6.07, 6.45) is 0.578. The van der Waals surface area contributed by atoms with Gasteiger partial charge in [0.25, 0.3) is 0 Å². The fourth-order valence-electron chi connectivity index (χ4n) is 0.849. The van der Waals surface area contributed by atoms with E-state index in [-0.39, 0.29) is 6.04 Å². The van der Waals surface area contributed by atoms with Gasteiger partial charge in [-0.05, 0) is 6.92 Å². The fraction of sp³-hybridized carbons (Fsp3) is 1.00. The van der Waals surface area contributed by atoms with E-state index in [2.05, 4.69) is 5.32 Å². The van der Waals surface area contributed by atoms with Crippen molar-refractivity contribution < 1.29 is 13.3 Å². The minimum Gasteiger partial charge on any atom is -0.376 e. The zero-order valence-electron chi connectivity index (χ0n) is 8.79. The van der Waals surface area contributed by atoms with Crippen LogP contribution in [0.4, 0.5) is 0 Å². The van der Waals surface area contributed by atoms with E-state index in [1.165, 1.54) is 0 Å². The second-order valence-electron chi connectivity index (χ2n) is 2.81. The molecule has 1 unspecified atom stereocenters. The summed E-state index contributed by atoms with van der Waals surface area (Å²) in [6.45, 7) is 2.59. The summed E-state index contributed by atoms with van der Waals surface area (Å²) in [5.41, 5.74) is 5.46. The highest BCUT2D eigenvalue weighted by molar-refractivity contribution is 6.60. The first kappa shape index (κ1) is 13.0. The van der Waals surface area contributed by atoms with Crippen molar-refractivity contribution >= 4 is 8.80 Å². The molecule has 0 saturated carbocycles. The van der Waals surface area contributed by atoms with E-state index in [1.54, 1.807) is 21.3 Å². The molecule has 0 aromatic heterocycles. The quantitative estimate of drug-likeness (QED) is 0.544. The van der Waals surface area contributed by atoms with Gasteiger partial charge >= 0.3 is 8.80 Å². The van der Waals surface area contributed by atoms with Crippen molar-refractivity contribution in [1.29, 1.82) is 0 Å². The van der Waals surface area contributed by atoms with Crippen LogP contribution in [0.5, 0.6) is 0 Å². The third-order valence-electron chi connectivity index (χ3n) is 1.95. The number of nitrogens with two attached hydrogens (primary N) is 1. The Bertz CT molecular complexity index is 125. The minimum atomic E-state index is -2.46. The van der Waals surface area contributed by atoms with Crippen LogP contribution in [0.25, 0.3) is 0 Å². The molecule has 0 aliphatic rings. The molecule has 1 atom stereocenters. The molecule has 6 heteroatoms. The summed E-state index contributed by atoms with van der Waals surface area (Å²) >= 11 is 0. The smallest absolute Gasteiger partial charge is 0.376 e. The Morgan fingerprint density at radius 3 is 2.00 bits per heavy atom. The average Bonchev–Trinajstić information content (AvgIpc) is 2.20. The standard InChI is InChI=1S/C7H20N2O3Si/c1-7(5-8)9-6-13(10-2,11-3)12-4/h7,9H,5-6,8H2,1-4H3. The van der Waals surface area contributed by atoms with Crippen molar-refractivity contribution in [3.63, 3.8) is 0 Å². The van der Waals surface area contributed by atoms with Gasteiger partial charge in [0.1, 0.15) is 0 Å². The monoisotopic (exact) mass is 208 g/mol. The van der Waals surface area contributed by atoms with E-state index in [0.29, 0.717) is 12.7 Å². The maximum atomic E-state index is 5.46.